The highest BCUT2D eigenvalue weighted by Gasteiger charge is 2.20. The van der Waals surface area contributed by atoms with Gasteiger partial charge in [-0.2, -0.15) is 0 Å². The summed E-state index contributed by atoms with van der Waals surface area (Å²) in [6.07, 6.45) is 7.34. The van der Waals surface area contributed by atoms with Crippen LogP contribution in [-0.4, -0.2) is 82.6 Å². The van der Waals surface area contributed by atoms with E-state index in [0.717, 1.165) is 56.4 Å². The number of rotatable bonds is 13. The van der Waals surface area contributed by atoms with Crippen molar-refractivity contribution in [1.29, 1.82) is 0 Å². The van der Waals surface area contributed by atoms with Gasteiger partial charge < -0.3 is 24.8 Å². The number of likely N-dealkylation sites (tertiary alicyclic amines) is 1. The molecule has 1 fully saturated rings. The summed E-state index contributed by atoms with van der Waals surface area (Å²) in [7, 11) is 1.58. The van der Waals surface area contributed by atoms with E-state index in [4.69, 9.17) is 14.6 Å². The fraction of sp³-hybridized carbons (Fsp3) is 0.556. The van der Waals surface area contributed by atoms with Crippen LogP contribution >= 0.6 is 0 Å². The Morgan fingerprint density at radius 2 is 1.92 bits per heavy atom. The van der Waals surface area contributed by atoms with Gasteiger partial charge in [-0.3, -0.25) is 9.36 Å². The Morgan fingerprint density at radius 3 is 2.62 bits per heavy atom. The number of aliphatic hydroxyl groups excluding tert-OH is 1. The first kappa shape index (κ1) is 27.0. The third-order valence-electron chi connectivity index (χ3n) is 6.79. The monoisotopic (exact) mass is 510 g/mol. The number of aliphatic hydroxyl groups is 1. The second kappa shape index (κ2) is 13.5. The molecule has 1 saturated heterocycles. The summed E-state index contributed by atoms with van der Waals surface area (Å²) in [5.41, 5.74) is 2.74. The standard InChI is InChI=1S/C27H38N6O4/c1-3-14-37-15-12-33-23-16-22(21-5-6-24(36-2)28-18-21)19-30-25(23)31-26(27(33)35)29-17-20-7-10-32(11-8-20)9-4-13-34/h5-6,16,18-20,34H,3-4,7-15,17H2,1-2H3,(H,29,30,31). The van der Waals surface area contributed by atoms with Gasteiger partial charge >= 0.3 is 0 Å². The molecule has 3 aromatic heterocycles. The molecule has 0 unspecified atom stereocenters. The molecule has 1 aliphatic rings. The summed E-state index contributed by atoms with van der Waals surface area (Å²) in [5.74, 6) is 1.34. The van der Waals surface area contributed by atoms with Gasteiger partial charge in [-0.1, -0.05) is 6.92 Å². The van der Waals surface area contributed by atoms with Gasteiger partial charge in [-0.15, -0.1) is 0 Å². The van der Waals surface area contributed by atoms with Crippen LogP contribution in [0.2, 0.25) is 0 Å². The lowest BCUT2D eigenvalue weighted by Gasteiger charge is -2.31. The molecule has 37 heavy (non-hydrogen) atoms. The molecular weight excluding hydrogens is 472 g/mol. The van der Waals surface area contributed by atoms with Crippen LogP contribution in [0.1, 0.15) is 32.6 Å². The number of piperidine rings is 1. The second-order valence-corrected chi connectivity index (χ2v) is 9.43. The van der Waals surface area contributed by atoms with Crippen LogP contribution in [0, 0.1) is 5.92 Å². The average Bonchev–Trinajstić information content (AvgIpc) is 2.94. The molecule has 0 amide bonds. The van der Waals surface area contributed by atoms with E-state index in [1.807, 2.05) is 12.1 Å². The van der Waals surface area contributed by atoms with Crippen LogP contribution < -0.4 is 15.6 Å². The van der Waals surface area contributed by atoms with Crippen molar-refractivity contribution in [2.24, 2.45) is 5.92 Å². The Morgan fingerprint density at radius 1 is 1.11 bits per heavy atom. The van der Waals surface area contributed by atoms with Crippen molar-refractivity contribution in [1.82, 2.24) is 24.4 Å². The summed E-state index contributed by atoms with van der Waals surface area (Å²) in [5, 5.41) is 12.4. The number of hydrogen-bond acceptors (Lipinski definition) is 9. The van der Waals surface area contributed by atoms with E-state index in [0.29, 0.717) is 55.1 Å². The molecule has 0 aliphatic carbocycles. The first-order valence-electron chi connectivity index (χ1n) is 13.2. The van der Waals surface area contributed by atoms with Crippen molar-refractivity contribution in [3.05, 3.63) is 40.9 Å². The number of ether oxygens (including phenoxy) is 2. The topological polar surface area (TPSA) is 115 Å². The van der Waals surface area contributed by atoms with E-state index in [1.165, 1.54) is 0 Å². The van der Waals surface area contributed by atoms with E-state index in [-0.39, 0.29) is 12.2 Å². The summed E-state index contributed by atoms with van der Waals surface area (Å²) >= 11 is 0. The maximum atomic E-state index is 13.5. The van der Waals surface area contributed by atoms with Crippen molar-refractivity contribution in [2.45, 2.75) is 39.2 Å². The minimum Gasteiger partial charge on any atom is -0.481 e. The zero-order valence-electron chi connectivity index (χ0n) is 21.9. The van der Waals surface area contributed by atoms with Crippen LogP contribution in [0.4, 0.5) is 5.82 Å². The average molecular weight is 511 g/mol. The van der Waals surface area contributed by atoms with Crippen LogP contribution in [0.3, 0.4) is 0 Å². The quantitative estimate of drug-likeness (QED) is 0.335. The van der Waals surface area contributed by atoms with Gasteiger partial charge in [-0.25, -0.2) is 15.0 Å². The first-order chi connectivity index (χ1) is 18.1. The lowest BCUT2D eigenvalue weighted by molar-refractivity contribution is 0.127. The molecule has 0 bridgehead atoms. The van der Waals surface area contributed by atoms with Crippen molar-refractivity contribution in [3.63, 3.8) is 0 Å². The molecule has 0 saturated carbocycles. The number of hydrogen-bond donors (Lipinski definition) is 2. The predicted molar refractivity (Wildman–Crippen MR) is 144 cm³/mol. The van der Waals surface area contributed by atoms with Crippen molar-refractivity contribution in [3.8, 4) is 17.0 Å². The molecule has 2 N–H and O–H groups in total. The van der Waals surface area contributed by atoms with Crippen LogP contribution in [0.5, 0.6) is 5.88 Å². The number of nitrogens with zero attached hydrogens (tertiary/aromatic N) is 5. The van der Waals surface area contributed by atoms with Gasteiger partial charge in [0.2, 0.25) is 5.88 Å². The van der Waals surface area contributed by atoms with Gasteiger partial charge in [0.05, 0.1) is 19.2 Å². The highest BCUT2D eigenvalue weighted by molar-refractivity contribution is 5.78. The number of methoxy groups -OCH3 is 1. The number of fused-ring (bicyclic) bond motifs is 1. The normalized spacial score (nSPS) is 14.8. The molecule has 4 heterocycles. The van der Waals surface area contributed by atoms with Crippen LogP contribution in [0.15, 0.2) is 35.4 Å². The zero-order valence-corrected chi connectivity index (χ0v) is 21.9. The number of pyridine rings is 2. The van der Waals surface area contributed by atoms with E-state index in [1.54, 1.807) is 30.1 Å². The zero-order chi connectivity index (χ0) is 26.0. The van der Waals surface area contributed by atoms with E-state index in [9.17, 15) is 4.79 Å². The Hall–Kier alpha value is -3.08. The Bertz CT molecular complexity index is 1190. The third-order valence-corrected chi connectivity index (χ3v) is 6.79. The molecule has 0 spiro atoms. The SMILES string of the molecule is CCCOCCn1c(=O)c(NCC2CCN(CCCO)CC2)nc2ncc(-c3ccc(OC)nc3)cc21. The lowest BCUT2D eigenvalue weighted by Crippen LogP contribution is -2.37. The summed E-state index contributed by atoms with van der Waals surface area (Å²) in [6.45, 7) is 7.47. The van der Waals surface area contributed by atoms with Gasteiger partial charge in [0.1, 0.15) is 0 Å². The fourth-order valence-corrected chi connectivity index (χ4v) is 4.64. The number of nitrogens with one attached hydrogen (secondary N) is 1. The van der Waals surface area contributed by atoms with Gasteiger partial charge in [-0.05, 0) is 56.8 Å². The Kier molecular flexibility index (Phi) is 9.81. The van der Waals surface area contributed by atoms with E-state index < -0.39 is 0 Å². The fourth-order valence-electron chi connectivity index (χ4n) is 4.64. The van der Waals surface area contributed by atoms with E-state index in [2.05, 4.69) is 32.1 Å². The van der Waals surface area contributed by atoms with Gasteiger partial charge in [0.15, 0.2) is 11.5 Å². The number of aromatic nitrogens is 4. The molecule has 10 nitrogen and oxygen atoms in total. The molecule has 0 radical (unpaired) electrons. The highest BCUT2D eigenvalue weighted by Crippen LogP contribution is 2.23. The molecule has 1 aliphatic heterocycles. The Balaban J connectivity index is 1.55. The second-order valence-electron chi connectivity index (χ2n) is 9.43. The molecule has 3 aromatic rings. The summed E-state index contributed by atoms with van der Waals surface area (Å²) in [4.78, 5) is 29.4. The van der Waals surface area contributed by atoms with Crippen molar-refractivity contribution < 1.29 is 14.6 Å². The van der Waals surface area contributed by atoms with Gasteiger partial charge in [0, 0.05) is 62.4 Å². The first-order valence-corrected chi connectivity index (χ1v) is 13.2. The maximum absolute atomic E-state index is 13.5. The molecule has 0 atom stereocenters. The smallest absolute Gasteiger partial charge is 0.293 e. The van der Waals surface area contributed by atoms with Crippen LogP contribution in [0.25, 0.3) is 22.3 Å². The largest absolute Gasteiger partial charge is 0.481 e. The lowest BCUT2D eigenvalue weighted by atomic mass is 9.96. The highest BCUT2D eigenvalue weighted by atomic mass is 16.5. The molecule has 4 rings (SSSR count). The molecule has 0 aromatic carbocycles. The maximum Gasteiger partial charge on any atom is 0.293 e. The summed E-state index contributed by atoms with van der Waals surface area (Å²) < 4.78 is 12.6. The number of anilines is 1. The summed E-state index contributed by atoms with van der Waals surface area (Å²) in [6, 6.07) is 5.65. The molecular formula is C27H38N6O4. The molecule has 10 heteroatoms. The van der Waals surface area contributed by atoms with Crippen molar-refractivity contribution >= 4 is 17.0 Å². The Labute approximate surface area is 217 Å². The molecule has 200 valence electrons. The minimum atomic E-state index is -0.167. The predicted octanol–water partition coefficient (Wildman–Crippen LogP) is 2.80. The minimum absolute atomic E-state index is 0.167. The van der Waals surface area contributed by atoms with E-state index >= 15 is 0 Å². The van der Waals surface area contributed by atoms with Crippen molar-refractivity contribution in [2.75, 3.05) is 58.4 Å². The van der Waals surface area contributed by atoms with Gasteiger partial charge in [0.25, 0.3) is 5.56 Å². The van der Waals surface area contributed by atoms with Crippen LogP contribution in [-0.2, 0) is 11.3 Å². The third kappa shape index (κ3) is 7.03.